The van der Waals surface area contributed by atoms with Gasteiger partial charge in [-0.1, -0.05) is 18.2 Å². The lowest BCUT2D eigenvalue weighted by Gasteiger charge is -2.38. The normalized spacial score (nSPS) is 18.8. The highest BCUT2D eigenvalue weighted by Crippen LogP contribution is 2.46. The van der Waals surface area contributed by atoms with Gasteiger partial charge in [-0.25, -0.2) is 19.3 Å². The molecule has 2 aliphatic rings. The van der Waals surface area contributed by atoms with Gasteiger partial charge in [0.1, 0.15) is 27.2 Å². The summed E-state index contributed by atoms with van der Waals surface area (Å²) in [5.41, 5.74) is 6.97. The third-order valence-electron chi connectivity index (χ3n) is 8.70. The molecule has 1 saturated heterocycles. The molecule has 2 aliphatic heterocycles. The van der Waals surface area contributed by atoms with E-state index in [1.54, 1.807) is 32.2 Å². The fourth-order valence-electron chi connectivity index (χ4n) is 6.22. The number of hydrogen-bond acceptors (Lipinski definition) is 9. The average Bonchev–Trinajstić information content (AvgIpc) is 3.08. The van der Waals surface area contributed by atoms with Crippen LogP contribution in [-0.4, -0.2) is 63.6 Å². The van der Waals surface area contributed by atoms with Gasteiger partial charge in [-0.3, -0.25) is 4.79 Å². The zero-order valence-electron chi connectivity index (χ0n) is 26.2. The Kier molecular flexibility index (Phi) is 9.55. The topological polar surface area (TPSA) is 153 Å². The quantitative estimate of drug-likeness (QED) is 0.169. The highest BCUT2D eigenvalue weighted by molar-refractivity contribution is 7.82. The van der Waals surface area contributed by atoms with Crippen LogP contribution in [0.4, 0.5) is 20.2 Å². The first-order valence-corrected chi connectivity index (χ1v) is 15.9. The second-order valence-electron chi connectivity index (χ2n) is 12.3. The van der Waals surface area contributed by atoms with E-state index in [0.29, 0.717) is 54.5 Å². The number of aromatic nitrogens is 1. The van der Waals surface area contributed by atoms with Crippen molar-refractivity contribution in [1.29, 1.82) is 0 Å². The highest BCUT2D eigenvalue weighted by atomic mass is 32.2. The molecule has 0 bridgehead atoms. The number of hydrazine groups is 1. The molecule has 2 aromatic carbocycles. The molecule has 3 heterocycles. The molecule has 11 nitrogen and oxygen atoms in total. The van der Waals surface area contributed by atoms with Crippen molar-refractivity contribution < 1.29 is 37.1 Å². The number of benzene rings is 2. The molecule has 2 atom stereocenters. The van der Waals surface area contributed by atoms with Crippen LogP contribution in [0.25, 0.3) is 0 Å². The standard InChI is InChI=1S/C32H39F2N5O6S/c1-19-7-8-20(26(31(2,3)29(40)41)21-15-23(35)27(38(4)36)24(16-21)44-30(33)34)14-22(19)17-39-18-32(9-12-43-13-10-32)45-28-25(46(39)42)6-5-11-37-28/h5-8,11,14-16,26,30H,9-10,12-13,17-18,35-36H2,1-4H3,(H,40,41). The Morgan fingerprint density at radius 3 is 2.59 bits per heavy atom. The van der Waals surface area contributed by atoms with Gasteiger partial charge in [-0.05, 0) is 67.3 Å². The van der Waals surface area contributed by atoms with E-state index in [1.165, 1.54) is 19.2 Å². The number of halogens is 2. The van der Waals surface area contributed by atoms with Crippen molar-refractivity contribution in [3.8, 4) is 11.6 Å². The van der Waals surface area contributed by atoms with Crippen molar-refractivity contribution in [2.75, 3.05) is 37.5 Å². The lowest BCUT2D eigenvalue weighted by Crippen LogP contribution is -2.49. The van der Waals surface area contributed by atoms with E-state index in [9.17, 15) is 22.9 Å². The number of rotatable bonds is 9. The summed E-state index contributed by atoms with van der Waals surface area (Å²) in [6.45, 7) is 3.50. The second-order valence-corrected chi connectivity index (χ2v) is 13.8. The van der Waals surface area contributed by atoms with Gasteiger partial charge in [0.05, 0.1) is 30.9 Å². The Hall–Kier alpha value is -3.85. The maximum atomic E-state index is 14.0. The summed E-state index contributed by atoms with van der Waals surface area (Å²) in [4.78, 5) is 17.5. The first-order valence-electron chi connectivity index (χ1n) is 14.8. The van der Waals surface area contributed by atoms with E-state index >= 15 is 0 Å². The molecule has 0 radical (unpaired) electrons. The van der Waals surface area contributed by atoms with Crippen molar-refractivity contribution in [3.63, 3.8) is 0 Å². The molecular formula is C32H39F2N5O6S. The number of alkyl halides is 2. The molecule has 1 spiro atoms. The Morgan fingerprint density at radius 1 is 1.22 bits per heavy atom. The van der Waals surface area contributed by atoms with E-state index < -0.39 is 40.5 Å². The number of carbonyl (C=O) groups is 1. The summed E-state index contributed by atoms with van der Waals surface area (Å²) in [6.07, 6.45) is 2.81. The molecule has 2 unspecified atom stereocenters. The van der Waals surface area contributed by atoms with Gasteiger partial charge >= 0.3 is 12.6 Å². The van der Waals surface area contributed by atoms with Gasteiger partial charge < -0.3 is 30.1 Å². The summed E-state index contributed by atoms with van der Waals surface area (Å²) in [5.74, 6) is 3.98. The van der Waals surface area contributed by atoms with Crippen LogP contribution in [0.3, 0.4) is 0 Å². The van der Waals surface area contributed by atoms with Crippen LogP contribution in [0.15, 0.2) is 53.6 Å². The summed E-state index contributed by atoms with van der Waals surface area (Å²) >= 11 is 0. The van der Waals surface area contributed by atoms with Crippen LogP contribution >= 0.6 is 0 Å². The van der Waals surface area contributed by atoms with Crippen LogP contribution in [0.1, 0.15) is 54.9 Å². The molecule has 3 aromatic rings. The van der Waals surface area contributed by atoms with Crippen LogP contribution in [0.5, 0.6) is 11.6 Å². The van der Waals surface area contributed by atoms with Crippen molar-refractivity contribution in [2.24, 2.45) is 11.3 Å². The maximum absolute atomic E-state index is 14.0. The first-order chi connectivity index (χ1) is 21.7. The minimum Gasteiger partial charge on any atom is -0.481 e. The summed E-state index contributed by atoms with van der Waals surface area (Å²) in [5, 5.41) is 11.4. The van der Waals surface area contributed by atoms with E-state index in [2.05, 4.69) is 4.98 Å². The molecule has 0 saturated carbocycles. The third-order valence-corrected chi connectivity index (χ3v) is 10.1. The maximum Gasteiger partial charge on any atom is 0.387 e. The Bertz CT molecular complexity index is 1630. The Labute approximate surface area is 269 Å². The molecule has 5 N–H and O–H groups in total. The average molecular weight is 660 g/mol. The van der Waals surface area contributed by atoms with E-state index in [1.807, 2.05) is 29.4 Å². The molecule has 5 rings (SSSR count). The molecule has 46 heavy (non-hydrogen) atoms. The summed E-state index contributed by atoms with van der Waals surface area (Å²) in [7, 11) is -0.177. The SMILES string of the molecule is Cc1ccc(C(c2cc(N)c(N(C)N)c(OC(F)F)c2)C(C)(C)C(=O)O)cc1CN1CC2(CCOCC2)Oc2ncccc2S1=O. The number of anilines is 2. The molecule has 1 fully saturated rings. The predicted molar refractivity (Wildman–Crippen MR) is 169 cm³/mol. The number of aliphatic carboxylic acids is 1. The second kappa shape index (κ2) is 13.1. The van der Waals surface area contributed by atoms with Gasteiger partial charge in [0.2, 0.25) is 5.88 Å². The summed E-state index contributed by atoms with van der Waals surface area (Å²) < 4.78 is 59.6. The molecule has 1 aromatic heterocycles. The molecule has 0 amide bonds. The number of fused-ring (bicyclic) bond motifs is 1. The fourth-order valence-corrected chi connectivity index (χ4v) is 7.55. The van der Waals surface area contributed by atoms with Crippen molar-refractivity contribution in [3.05, 3.63) is 70.9 Å². The smallest absolute Gasteiger partial charge is 0.387 e. The fraction of sp³-hybridized carbons (Fsp3) is 0.438. The van der Waals surface area contributed by atoms with Crippen molar-refractivity contribution in [1.82, 2.24) is 9.29 Å². The molecule has 14 heteroatoms. The number of nitrogens with zero attached hydrogens (tertiary/aromatic N) is 3. The molecular weight excluding hydrogens is 620 g/mol. The van der Waals surface area contributed by atoms with Crippen LogP contribution in [0.2, 0.25) is 0 Å². The number of ether oxygens (including phenoxy) is 3. The number of carboxylic acid groups (broad SMARTS) is 1. The lowest BCUT2D eigenvalue weighted by atomic mass is 9.70. The number of nitrogens with two attached hydrogens (primary N) is 2. The zero-order valence-corrected chi connectivity index (χ0v) is 27.0. The monoisotopic (exact) mass is 659 g/mol. The minimum absolute atomic E-state index is 0.0446. The largest absolute Gasteiger partial charge is 0.481 e. The minimum atomic E-state index is -3.16. The number of nitrogen functional groups attached to an aromatic ring is 1. The van der Waals surface area contributed by atoms with Crippen LogP contribution in [0, 0.1) is 12.3 Å². The number of carboxylic acids is 1. The Morgan fingerprint density at radius 2 is 1.93 bits per heavy atom. The number of aryl methyl sites for hydroxylation is 1. The molecule has 248 valence electrons. The molecule has 0 aliphatic carbocycles. The van der Waals surface area contributed by atoms with Gasteiger partial charge in [0.25, 0.3) is 0 Å². The summed E-state index contributed by atoms with van der Waals surface area (Å²) in [6, 6.07) is 11.9. The predicted octanol–water partition coefficient (Wildman–Crippen LogP) is 4.59. The Balaban J connectivity index is 1.60. The third kappa shape index (κ3) is 6.66. The van der Waals surface area contributed by atoms with Crippen LogP contribution < -0.4 is 26.1 Å². The van der Waals surface area contributed by atoms with Gasteiger partial charge in [-0.2, -0.15) is 8.78 Å². The zero-order chi connectivity index (χ0) is 33.4. The van der Waals surface area contributed by atoms with Crippen molar-refractivity contribution in [2.45, 2.75) is 63.2 Å². The van der Waals surface area contributed by atoms with Gasteiger partial charge in [0, 0.05) is 38.5 Å². The van der Waals surface area contributed by atoms with Crippen molar-refractivity contribution >= 4 is 28.3 Å². The number of hydrogen-bond donors (Lipinski definition) is 3. The van der Waals surface area contributed by atoms with E-state index in [4.69, 9.17) is 25.8 Å². The first kappa shape index (κ1) is 33.5. The number of pyridine rings is 1. The highest BCUT2D eigenvalue weighted by Gasteiger charge is 2.43. The van der Waals surface area contributed by atoms with Gasteiger partial charge in [-0.15, -0.1) is 0 Å². The van der Waals surface area contributed by atoms with E-state index in [-0.39, 0.29) is 23.7 Å². The van der Waals surface area contributed by atoms with E-state index in [0.717, 1.165) is 16.1 Å². The van der Waals surface area contributed by atoms with Crippen LogP contribution in [-0.2, 0) is 27.1 Å². The lowest BCUT2D eigenvalue weighted by molar-refractivity contribution is -0.147. The van der Waals surface area contributed by atoms with Gasteiger partial charge in [0.15, 0.2) is 5.75 Å².